The van der Waals surface area contributed by atoms with Gasteiger partial charge in [-0.1, -0.05) is 31.0 Å². The summed E-state index contributed by atoms with van der Waals surface area (Å²) in [5, 5.41) is 0.808. The molecule has 3 rings (SSSR count). The predicted octanol–water partition coefficient (Wildman–Crippen LogP) is 4.20. The maximum Gasteiger partial charge on any atom is 0.244 e. The summed E-state index contributed by atoms with van der Waals surface area (Å²) in [4.78, 5) is 1.18. The average Bonchev–Trinajstić information content (AvgIpc) is 2.66. The second-order valence-corrected chi connectivity index (χ2v) is 8.58. The third-order valence-corrected chi connectivity index (χ3v) is 7.66. The number of fused-ring (bicyclic) bond motifs is 1. The van der Waals surface area contributed by atoms with Crippen molar-refractivity contribution in [2.45, 2.75) is 36.5 Å². The first kappa shape index (κ1) is 15.3. The van der Waals surface area contributed by atoms with Gasteiger partial charge >= 0.3 is 0 Å². The molecule has 2 heterocycles. The quantitative estimate of drug-likeness (QED) is 0.783. The number of halogens is 1. The van der Waals surface area contributed by atoms with Gasteiger partial charge in [-0.25, -0.2) is 8.42 Å². The molecule has 1 aromatic heterocycles. The molecule has 2 aromatic rings. The molecule has 1 aliphatic rings. The summed E-state index contributed by atoms with van der Waals surface area (Å²) < 4.78 is 28.8. The van der Waals surface area contributed by atoms with Crippen LogP contribution in [0.5, 0.6) is 0 Å². The first-order valence-corrected chi connectivity index (χ1v) is 10.00. The lowest BCUT2D eigenvalue weighted by molar-refractivity contribution is 0.424. The van der Waals surface area contributed by atoms with Crippen molar-refractivity contribution in [3.05, 3.63) is 29.1 Å². The number of sulfonamides is 1. The van der Waals surface area contributed by atoms with E-state index in [1.807, 2.05) is 24.3 Å². The molecule has 0 spiro atoms. The molecule has 1 aromatic carbocycles. The molecule has 0 N–H and O–H groups in total. The van der Waals surface area contributed by atoms with Crippen LogP contribution in [0.25, 0.3) is 10.1 Å². The Balaban J connectivity index is 2.13. The number of hydrogen-bond acceptors (Lipinski definition) is 3. The highest BCUT2D eigenvalue weighted by Gasteiger charge is 2.30. The van der Waals surface area contributed by atoms with E-state index in [4.69, 9.17) is 11.6 Å². The Kier molecular flexibility index (Phi) is 4.54. The van der Waals surface area contributed by atoms with E-state index in [9.17, 15) is 8.42 Å². The lowest BCUT2D eigenvalue weighted by atomic mass is 10.2. The van der Waals surface area contributed by atoms with Crippen LogP contribution in [0.15, 0.2) is 29.2 Å². The third-order valence-electron chi connectivity index (χ3n) is 3.90. The van der Waals surface area contributed by atoms with Crippen LogP contribution in [0.3, 0.4) is 0 Å². The van der Waals surface area contributed by atoms with Crippen molar-refractivity contribution in [2.75, 3.05) is 13.1 Å². The van der Waals surface area contributed by atoms with Gasteiger partial charge < -0.3 is 0 Å². The Hall–Kier alpha value is -0.620. The monoisotopic (exact) mass is 343 g/mol. The van der Waals surface area contributed by atoms with Crippen molar-refractivity contribution in [2.24, 2.45) is 0 Å². The molecule has 0 aliphatic carbocycles. The molecule has 1 fully saturated rings. The van der Waals surface area contributed by atoms with Crippen LogP contribution in [0.2, 0.25) is 0 Å². The summed E-state index contributed by atoms with van der Waals surface area (Å²) >= 11 is 7.49. The second kappa shape index (κ2) is 6.24. The van der Waals surface area contributed by atoms with E-state index in [1.54, 1.807) is 4.31 Å². The van der Waals surface area contributed by atoms with Crippen molar-refractivity contribution >= 4 is 43.0 Å². The number of benzene rings is 1. The van der Waals surface area contributed by atoms with Crippen LogP contribution >= 0.6 is 22.9 Å². The molecule has 3 nitrogen and oxygen atoms in total. The predicted molar refractivity (Wildman–Crippen MR) is 88.6 cm³/mol. The second-order valence-electron chi connectivity index (χ2n) is 5.30. The van der Waals surface area contributed by atoms with Crippen molar-refractivity contribution in [1.29, 1.82) is 0 Å². The van der Waals surface area contributed by atoms with E-state index in [0.717, 1.165) is 40.6 Å². The number of rotatable bonds is 3. The van der Waals surface area contributed by atoms with Crippen molar-refractivity contribution in [3.63, 3.8) is 0 Å². The van der Waals surface area contributed by atoms with E-state index in [-0.39, 0.29) is 5.88 Å². The van der Waals surface area contributed by atoms with Gasteiger partial charge in [-0.3, -0.25) is 0 Å². The highest BCUT2D eigenvalue weighted by atomic mass is 35.5. The Morgan fingerprint density at radius 3 is 2.43 bits per heavy atom. The van der Waals surface area contributed by atoms with Gasteiger partial charge in [0.1, 0.15) is 4.90 Å². The van der Waals surface area contributed by atoms with Gasteiger partial charge in [-0.15, -0.1) is 22.9 Å². The summed E-state index contributed by atoms with van der Waals surface area (Å²) in [7, 11) is -3.45. The molecular formula is C15H18ClNO2S2. The molecule has 21 heavy (non-hydrogen) atoms. The molecule has 1 saturated heterocycles. The molecule has 1 aliphatic heterocycles. The fourth-order valence-corrected chi connectivity index (χ4v) is 6.50. The molecule has 0 radical (unpaired) electrons. The number of hydrogen-bond donors (Lipinski definition) is 0. The Morgan fingerprint density at radius 1 is 1.10 bits per heavy atom. The van der Waals surface area contributed by atoms with Crippen LogP contribution < -0.4 is 0 Å². The fraction of sp³-hybridized carbons (Fsp3) is 0.467. The summed E-state index contributed by atoms with van der Waals surface area (Å²) in [6, 6.07) is 7.65. The van der Waals surface area contributed by atoms with Crippen molar-refractivity contribution in [3.8, 4) is 0 Å². The minimum atomic E-state index is -3.45. The fourth-order valence-electron chi connectivity index (χ4n) is 2.85. The van der Waals surface area contributed by atoms with Crippen LogP contribution in [0, 0.1) is 0 Å². The van der Waals surface area contributed by atoms with Gasteiger partial charge in [-0.2, -0.15) is 4.31 Å². The zero-order valence-electron chi connectivity index (χ0n) is 11.7. The van der Waals surface area contributed by atoms with Crippen LogP contribution in [-0.4, -0.2) is 25.8 Å². The number of thiophene rings is 1. The summed E-state index contributed by atoms with van der Waals surface area (Å²) in [6.45, 7) is 1.24. The van der Waals surface area contributed by atoms with Gasteiger partial charge in [0.15, 0.2) is 0 Å². The molecule has 0 bridgehead atoms. The van der Waals surface area contributed by atoms with Crippen LogP contribution in [-0.2, 0) is 15.9 Å². The maximum atomic E-state index is 13.1. The molecule has 6 heteroatoms. The minimum absolute atomic E-state index is 0.238. The van der Waals surface area contributed by atoms with E-state index in [0.29, 0.717) is 18.0 Å². The van der Waals surface area contributed by atoms with Crippen LogP contribution in [0.1, 0.15) is 30.6 Å². The first-order chi connectivity index (χ1) is 10.1. The largest absolute Gasteiger partial charge is 0.244 e. The highest BCUT2D eigenvalue weighted by Crippen LogP contribution is 2.37. The molecule has 0 unspecified atom stereocenters. The normalized spacial score (nSPS) is 18.0. The van der Waals surface area contributed by atoms with Gasteiger partial charge in [0.2, 0.25) is 10.0 Å². The van der Waals surface area contributed by atoms with E-state index in [1.165, 1.54) is 11.3 Å². The summed E-state index contributed by atoms with van der Waals surface area (Å²) in [5.74, 6) is 0.238. The Labute approximate surface area is 134 Å². The summed E-state index contributed by atoms with van der Waals surface area (Å²) in [5.41, 5.74) is 0. The summed E-state index contributed by atoms with van der Waals surface area (Å²) in [6.07, 6.45) is 4.10. The Morgan fingerprint density at radius 2 is 1.76 bits per heavy atom. The third kappa shape index (κ3) is 2.84. The minimum Gasteiger partial charge on any atom is -0.207 e. The lowest BCUT2D eigenvalue weighted by Gasteiger charge is -2.20. The molecule has 0 amide bonds. The SMILES string of the molecule is O=S(=O)(c1c(CCl)sc2ccccc12)N1CCCCCC1. The lowest BCUT2D eigenvalue weighted by Crippen LogP contribution is -2.32. The Bertz CT molecular complexity index is 731. The van der Waals surface area contributed by atoms with Gasteiger partial charge in [-0.05, 0) is 18.9 Å². The van der Waals surface area contributed by atoms with Crippen molar-refractivity contribution in [1.82, 2.24) is 4.31 Å². The molecule has 0 atom stereocenters. The van der Waals surface area contributed by atoms with Gasteiger partial charge in [0.05, 0.1) is 5.88 Å². The van der Waals surface area contributed by atoms with E-state index in [2.05, 4.69) is 0 Å². The highest BCUT2D eigenvalue weighted by molar-refractivity contribution is 7.89. The first-order valence-electron chi connectivity index (χ1n) is 7.21. The van der Waals surface area contributed by atoms with Crippen LogP contribution in [0.4, 0.5) is 0 Å². The van der Waals surface area contributed by atoms with Gasteiger partial charge in [0.25, 0.3) is 0 Å². The van der Waals surface area contributed by atoms with Gasteiger partial charge in [0, 0.05) is 28.1 Å². The van der Waals surface area contributed by atoms with E-state index < -0.39 is 10.0 Å². The topological polar surface area (TPSA) is 37.4 Å². The van der Waals surface area contributed by atoms with Crippen molar-refractivity contribution < 1.29 is 8.42 Å². The molecule has 0 saturated carbocycles. The average molecular weight is 344 g/mol. The molecule has 114 valence electrons. The smallest absolute Gasteiger partial charge is 0.207 e. The zero-order valence-corrected chi connectivity index (χ0v) is 14.1. The zero-order chi connectivity index (χ0) is 14.9. The number of nitrogens with zero attached hydrogens (tertiary/aromatic N) is 1. The standard InChI is InChI=1S/C15H18ClNO2S2/c16-11-14-15(12-7-3-4-8-13(12)20-14)21(18,19)17-9-5-1-2-6-10-17/h3-4,7-8H,1-2,5-6,9-11H2. The number of alkyl halides is 1. The molecular weight excluding hydrogens is 326 g/mol. The van der Waals surface area contributed by atoms with E-state index >= 15 is 0 Å². The maximum absolute atomic E-state index is 13.1.